The fraction of sp³-hybridized carbons (Fsp3) is 0.824. The Kier molecular flexibility index (Phi) is 8.18. The van der Waals surface area contributed by atoms with Gasteiger partial charge in [0, 0.05) is 26.5 Å². The number of hydrogen-bond acceptors (Lipinski definition) is 6. The van der Waals surface area contributed by atoms with Gasteiger partial charge in [0.1, 0.15) is 6.04 Å². The summed E-state index contributed by atoms with van der Waals surface area (Å²) >= 11 is 0. The van der Waals surface area contributed by atoms with E-state index in [1.165, 1.54) is 32.1 Å². The lowest BCUT2D eigenvalue weighted by molar-refractivity contribution is -0.122. The fourth-order valence-corrected chi connectivity index (χ4v) is 2.91. The van der Waals surface area contributed by atoms with Crippen molar-refractivity contribution in [2.24, 2.45) is 0 Å². The SMILES string of the molecule is COCCc1noc([C@@H](C)NC(=O)CCN2CCCCCCC2)n1. The van der Waals surface area contributed by atoms with Gasteiger partial charge in [0.05, 0.1) is 6.61 Å². The Bertz CT molecular complexity index is 484. The molecule has 1 fully saturated rings. The summed E-state index contributed by atoms with van der Waals surface area (Å²) in [5.74, 6) is 1.08. The Morgan fingerprint density at radius 3 is 2.71 bits per heavy atom. The molecule has 136 valence electrons. The third kappa shape index (κ3) is 6.57. The van der Waals surface area contributed by atoms with Gasteiger partial charge in [0.25, 0.3) is 0 Å². The monoisotopic (exact) mass is 338 g/mol. The number of ether oxygens (including phenoxy) is 1. The predicted molar refractivity (Wildman–Crippen MR) is 90.6 cm³/mol. The molecule has 7 nitrogen and oxygen atoms in total. The number of aromatic nitrogens is 2. The van der Waals surface area contributed by atoms with E-state index in [-0.39, 0.29) is 11.9 Å². The van der Waals surface area contributed by atoms with E-state index >= 15 is 0 Å². The van der Waals surface area contributed by atoms with Crippen molar-refractivity contribution in [3.05, 3.63) is 11.7 Å². The Morgan fingerprint density at radius 1 is 1.29 bits per heavy atom. The molecule has 1 aliphatic rings. The normalized spacial score (nSPS) is 17.9. The molecule has 7 heteroatoms. The second-order valence-electron chi connectivity index (χ2n) is 6.44. The Hall–Kier alpha value is -1.47. The molecule has 0 unspecified atom stereocenters. The summed E-state index contributed by atoms with van der Waals surface area (Å²) in [7, 11) is 1.63. The molecule has 0 radical (unpaired) electrons. The van der Waals surface area contributed by atoms with Crippen molar-refractivity contribution in [1.29, 1.82) is 0 Å². The number of nitrogens with zero attached hydrogens (tertiary/aromatic N) is 3. The molecular weight excluding hydrogens is 308 g/mol. The van der Waals surface area contributed by atoms with Crippen molar-refractivity contribution < 1.29 is 14.1 Å². The van der Waals surface area contributed by atoms with Crippen LogP contribution in [0.1, 0.15) is 63.2 Å². The summed E-state index contributed by atoms with van der Waals surface area (Å²) in [6.45, 7) is 5.45. The standard InChI is InChI=1S/C17H30N4O3/c1-14(17-19-15(20-24-17)9-13-23-2)18-16(22)8-12-21-10-6-4-3-5-7-11-21/h14H,3-13H2,1-2H3,(H,18,22)/t14-/m1/s1. The molecule has 2 rings (SSSR count). The first-order valence-electron chi connectivity index (χ1n) is 9.02. The van der Waals surface area contributed by atoms with Crippen LogP contribution in [-0.2, 0) is 16.0 Å². The molecule has 0 aliphatic carbocycles. The van der Waals surface area contributed by atoms with Crippen LogP contribution in [0.3, 0.4) is 0 Å². The van der Waals surface area contributed by atoms with Crippen molar-refractivity contribution in [3.63, 3.8) is 0 Å². The minimum Gasteiger partial charge on any atom is -0.384 e. The van der Waals surface area contributed by atoms with E-state index in [1.807, 2.05) is 6.92 Å². The Labute approximate surface area is 144 Å². The van der Waals surface area contributed by atoms with Crippen LogP contribution in [-0.4, -0.2) is 54.3 Å². The van der Waals surface area contributed by atoms with Crippen LogP contribution in [0.2, 0.25) is 0 Å². The maximum absolute atomic E-state index is 12.2. The zero-order chi connectivity index (χ0) is 17.2. The number of amides is 1. The minimum absolute atomic E-state index is 0.0289. The van der Waals surface area contributed by atoms with E-state index in [0.29, 0.717) is 31.2 Å². The molecule has 1 N–H and O–H groups in total. The lowest BCUT2D eigenvalue weighted by Gasteiger charge is -2.24. The maximum atomic E-state index is 12.2. The van der Waals surface area contributed by atoms with Gasteiger partial charge in [-0.1, -0.05) is 24.4 Å². The van der Waals surface area contributed by atoms with Crippen LogP contribution in [0.4, 0.5) is 0 Å². The fourth-order valence-electron chi connectivity index (χ4n) is 2.91. The molecule has 1 atom stereocenters. The molecule has 2 heterocycles. The number of carbonyl (C=O) groups excluding carboxylic acids is 1. The van der Waals surface area contributed by atoms with Gasteiger partial charge in [-0.2, -0.15) is 4.98 Å². The van der Waals surface area contributed by atoms with Crippen LogP contribution in [0.5, 0.6) is 0 Å². The van der Waals surface area contributed by atoms with E-state index < -0.39 is 0 Å². The Morgan fingerprint density at radius 2 is 2.00 bits per heavy atom. The predicted octanol–water partition coefficient (Wildman–Crippen LogP) is 2.09. The number of likely N-dealkylation sites (tertiary alicyclic amines) is 1. The van der Waals surface area contributed by atoms with Crippen molar-refractivity contribution in [1.82, 2.24) is 20.4 Å². The van der Waals surface area contributed by atoms with Crippen LogP contribution < -0.4 is 5.32 Å². The topological polar surface area (TPSA) is 80.5 Å². The molecule has 24 heavy (non-hydrogen) atoms. The summed E-state index contributed by atoms with van der Waals surface area (Å²) in [4.78, 5) is 18.8. The first kappa shape index (κ1) is 18.9. The summed E-state index contributed by atoms with van der Waals surface area (Å²) < 4.78 is 10.2. The minimum atomic E-state index is -0.270. The van der Waals surface area contributed by atoms with Gasteiger partial charge in [0.2, 0.25) is 11.8 Å². The van der Waals surface area contributed by atoms with Gasteiger partial charge in [-0.25, -0.2) is 0 Å². The molecule has 1 aromatic rings. The molecule has 0 spiro atoms. The number of rotatable bonds is 8. The van der Waals surface area contributed by atoms with Crippen LogP contribution in [0, 0.1) is 0 Å². The second kappa shape index (κ2) is 10.4. The average molecular weight is 338 g/mol. The van der Waals surface area contributed by atoms with E-state index in [4.69, 9.17) is 9.26 Å². The van der Waals surface area contributed by atoms with E-state index in [2.05, 4.69) is 20.4 Å². The van der Waals surface area contributed by atoms with Crippen molar-refractivity contribution >= 4 is 5.91 Å². The number of methoxy groups -OCH3 is 1. The van der Waals surface area contributed by atoms with Gasteiger partial charge in [-0.15, -0.1) is 0 Å². The maximum Gasteiger partial charge on any atom is 0.248 e. The summed E-state index contributed by atoms with van der Waals surface area (Å²) in [5, 5.41) is 6.84. The molecule has 1 saturated heterocycles. The average Bonchev–Trinajstić information content (AvgIpc) is 3.01. The van der Waals surface area contributed by atoms with Gasteiger partial charge < -0.3 is 19.5 Å². The summed E-state index contributed by atoms with van der Waals surface area (Å²) in [5.41, 5.74) is 0. The number of carbonyl (C=O) groups is 1. The highest BCUT2D eigenvalue weighted by molar-refractivity contribution is 5.76. The quantitative estimate of drug-likeness (QED) is 0.782. The molecule has 1 amide bonds. The number of hydrogen-bond donors (Lipinski definition) is 1. The molecule has 1 aromatic heterocycles. The zero-order valence-electron chi connectivity index (χ0n) is 14.9. The lowest BCUT2D eigenvalue weighted by Crippen LogP contribution is -2.33. The van der Waals surface area contributed by atoms with Gasteiger partial charge in [0.15, 0.2) is 5.82 Å². The first-order chi connectivity index (χ1) is 11.7. The molecular formula is C17H30N4O3. The van der Waals surface area contributed by atoms with Gasteiger partial charge in [-0.3, -0.25) is 4.79 Å². The van der Waals surface area contributed by atoms with Gasteiger partial charge in [-0.05, 0) is 32.9 Å². The zero-order valence-corrected chi connectivity index (χ0v) is 14.9. The smallest absolute Gasteiger partial charge is 0.248 e. The third-order valence-electron chi connectivity index (χ3n) is 4.37. The lowest BCUT2D eigenvalue weighted by atomic mass is 10.1. The van der Waals surface area contributed by atoms with Crippen molar-refractivity contribution in [2.45, 2.75) is 57.9 Å². The van der Waals surface area contributed by atoms with Crippen LogP contribution >= 0.6 is 0 Å². The largest absolute Gasteiger partial charge is 0.384 e. The highest BCUT2D eigenvalue weighted by Crippen LogP contribution is 2.12. The highest BCUT2D eigenvalue weighted by atomic mass is 16.5. The molecule has 0 saturated carbocycles. The molecule has 1 aliphatic heterocycles. The molecule has 0 aromatic carbocycles. The van der Waals surface area contributed by atoms with E-state index in [9.17, 15) is 4.79 Å². The highest BCUT2D eigenvalue weighted by Gasteiger charge is 2.17. The van der Waals surface area contributed by atoms with Crippen molar-refractivity contribution in [2.75, 3.05) is 33.4 Å². The van der Waals surface area contributed by atoms with Gasteiger partial charge >= 0.3 is 0 Å². The summed E-state index contributed by atoms with van der Waals surface area (Å²) in [6.07, 6.45) is 7.56. The van der Waals surface area contributed by atoms with Crippen molar-refractivity contribution in [3.8, 4) is 0 Å². The Balaban J connectivity index is 1.71. The molecule has 0 bridgehead atoms. The summed E-state index contributed by atoms with van der Waals surface area (Å²) in [6, 6.07) is -0.270. The van der Waals surface area contributed by atoms with E-state index in [0.717, 1.165) is 19.6 Å². The van der Waals surface area contributed by atoms with Crippen LogP contribution in [0.15, 0.2) is 4.52 Å². The van der Waals surface area contributed by atoms with E-state index in [1.54, 1.807) is 7.11 Å². The third-order valence-corrected chi connectivity index (χ3v) is 4.37. The second-order valence-corrected chi connectivity index (χ2v) is 6.44. The number of nitrogens with one attached hydrogen (secondary N) is 1. The first-order valence-corrected chi connectivity index (χ1v) is 9.02. The van der Waals surface area contributed by atoms with Crippen LogP contribution in [0.25, 0.3) is 0 Å².